The van der Waals surface area contributed by atoms with Gasteiger partial charge in [-0.05, 0) is 12.5 Å². The van der Waals surface area contributed by atoms with Gasteiger partial charge in [0.15, 0.2) is 11.8 Å². The number of aliphatic imine (C=N–C) groups is 1. The van der Waals surface area contributed by atoms with Crippen molar-refractivity contribution in [2.75, 3.05) is 20.6 Å². The summed E-state index contributed by atoms with van der Waals surface area (Å²) in [4.78, 5) is 10.8. The SMILES string of the molecule is CN=C(NCCc1nc(C(C)C)no1)N(C)Cc1ccc(C)cc1. The number of hydrogen-bond acceptors (Lipinski definition) is 4. The molecule has 0 aliphatic rings. The van der Waals surface area contributed by atoms with Crippen molar-refractivity contribution in [1.82, 2.24) is 20.4 Å². The molecule has 6 heteroatoms. The first kappa shape index (κ1) is 18.0. The predicted octanol–water partition coefficient (Wildman–Crippen LogP) is 2.75. The molecule has 0 bridgehead atoms. The van der Waals surface area contributed by atoms with Gasteiger partial charge in [0.05, 0.1) is 0 Å². The summed E-state index contributed by atoms with van der Waals surface area (Å²) >= 11 is 0. The summed E-state index contributed by atoms with van der Waals surface area (Å²) in [7, 11) is 3.82. The Labute approximate surface area is 144 Å². The predicted molar refractivity (Wildman–Crippen MR) is 96.1 cm³/mol. The van der Waals surface area contributed by atoms with Crippen LogP contribution in [-0.4, -0.2) is 41.6 Å². The Hall–Kier alpha value is -2.37. The Morgan fingerprint density at radius 1 is 1.29 bits per heavy atom. The van der Waals surface area contributed by atoms with E-state index in [9.17, 15) is 0 Å². The molecule has 0 spiro atoms. The van der Waals surface area contributed by atoms with Crippen LogP contribution in [0.2, 0.25) is 0 Å². The largest absolute Gasteiger partial charge is 0.356 e. The van der Waals surface area contributed by atoms with Crippen LogP contribution in [0.3, 0.4) is 0 Å². The zero-order valence-corrected chi connectivity index (χ0v) is 15.2. The number of hydrogen-bond donors (Lipinski definition) is 1. The van der Waals surface area contributed by atoms with Crippen molar-refractivity contribution < 1.29 is 4.52 Å². The summed E-state index contributed by atoms with van der Waals surface area (Å²) in [5, 5.41) is 7.31. The summed E-state index contributed by atoms with van der Waals surface area (Å²) in [6.45, 7) is 7.70. The highest BCUT2D eigenvalue weighted by Crippen LogP contribution is 2.09. The summed E-state index contributed by atoms with van der Waals surface area (Å²) < 4.78 is 5.25. The van der Waals surface area contributed by atoms with E-state index in [0.717, 1.165) is 18.3 Å². The second kappa shape index (κ2) is 8.47. The van der Waals surface area contributed by atoms with Crippen LogP contribution < -0.4 is 5.32 Å². The van der Waals surface area contributed by atoms with Gasteiger partial charge in [0.1, 0.15) is 0 Å². The van der Waals surface area contributed by atoms with Gasteiger partial charge in [0.25, 0.3) is 0 Å². The number of rotatable bonds is 6. The lowest BCUT2D eigenvalue weighted by Crippen LogP contribution is -2.39. The Kier molecular flexibility index (Phi) is 6.35. The molecule has 2 rings (SSSR count). The third-order valence-electron chi connectivity index (χ3n) is 3.74. The molecular weight excluding hydrogens is 302 g/mol. The zero-order valence-electron chi connectivity index (χ0n) is 15.2. The third kappa shape index (κ3) is 5.08. The Morgan fingerprint density at radius 3 is 2.58 bits per heavy atom. The Morgan fingerprint density at radius 2 is 2.00 bits per heavy atom. The molecule has 0 atom stereocenters. The molecule has 0 fully saturated rings. The van der Waals surface area contributed by atoms with Gasteiger partial charge >= 0.3 is 0 Å². The van der Waals surface area contributed by atoms with E-state index in [1.807, 2.05) is 7.05 Å². The van der Waals surface area contributed by atoms with Gasteiger partial charge in [-0.15, -0.1) is 0 Å². The first-order valence-electron chi connectivity index (χ1n) is 8.29. The minimum atomic E-state index is 0.281. The van der Waals surface area contributed by atoms with E-state index >= 15 is 0 Å². The molecule has 1 N–H and O–H groups in total. The molecule has 1 heterocycles. The van der Waals surface area contributed by atoms with E-state index in [1.54, 1.807) is 7.05 Å². The molecule has 0 aliphatic carbocycles. The number of aryl methyl sites for hydroxylation is 1. The minimum Gasteiger partial charge on any atom is -0.356 e. The molecule has 0 amide bonds. The van der Waals surface area contributed by atoms with Crippen molar-refractivity contribution in [1.29, 1.82) is 0 Å². The van der Waals surface area contributed by atoms with E-state index in [1.165, 1.54) is 11.1 Å². The minimum absolute atomic E-state index is 0.281. The van der Waals surface area contributed by atoms with E-state index in [2.05, 4.69) is 70.4 Å². The van der Waals surface area contributed by atoms with Gasteiger partial charge in [-0.1, -0.05) is 48.8 Å². The molecule has 130 valence electrons. The van der Waals surface area contributed by atoms with Crippen LogP contribution in [0.5, 0.6) is 0 Å². The van der Waals surface area contributed by atoms with Crippen LogP contribution >= 0.6 is 0 Å². The van der Waals surface area contributed by atoms with E-state index in [-0.39, 0.29) is 5.92 Å². The first-order valence-corrected chi connectivity index (χ1v) is 8.29. The van der Waals surface area contributed by atoms with Gasteiger partial charge < -0.3 is 14.7 Å². The molecule has 24 heavy (non-hydrogen) atoms. The highest BCUT2D eigenvalue weighted by molar-refractivity contribution is 5.79. The quantitative estimate of drug-likeness (QED) is 0.652. The third-order valence-corrected chi connectivity index (χ3v) is 3.74. The molecule has 0 radical (unpaired) electrons. The first-order chi connectivity index (χ1) is 11.5. The van der Waals surface area contributed by atoms with Crippen LogP contribution in [0, 0.1) is 6.92 Å². The van der Waals surface area contributed by atoms with Crippen molar-refractivity contribution >= 4 is 5.96 Å². The van der Waals surface area contributed by atoms with Gasteiger partial charge in [-0.25, -0.2) is 0 Å². The van der Waals surface area contributed by atoms with Crippen LogP contribution in [-0.2, 0) is 13.0 Å². The van der Waals surface area contributed by atoms with Gasteiger partial charge in [-0.2, -0.15) is 4.98 Å². The van der Waals surface area contributed by atoms with Crippen molar-refractivity contribution in [2.45, 2.75) is 39.7 Å². The number of guanidine groups is 1. The molecule has 1 aromatic heterocycles. The number of nitrogens with zero attached hydrogens (tertiary/aromatic N) is 4. The van der Waals surface area contributed by atoms with Crippen molar-refractivity contribution in [3.8, 4) is 0 Å². The molecule has 0 aliphatic heterocycles. The lowest BCUT2D eigenvalue weighted by atomic mass is 10.1. The molecule has 0 saturated heterocycles. The molecule has 2 aromatic rings. The highest BCUT2D eigenvalue weighted by atomic mass is 16.5. The summed E-state index contributed by atoms with van der Waals surface area (Å²) in [5.74, 6) is 2.54. The fourth-order valence-electron chi connectivity index (χ4n) is 2.31. The Balaban J connectivity index is 1.83. The normalized spacial score (nSPS) is 11.8. The van der Waals surface area contributed by atoms with Gasteiger partial charge in [0, 0.05) is 39.5 Å². The zero-order chi connectivity index (χ0) is 17.5. The van der Waals surface area contributed by atoms with Crippen molar-refractivity contribution in [3.63, 3.8) is 0 Å². The molecule has 1 aromatic carbocycles. The maximum atomic E-state index is 5.25. The second-order valence-corrected chi connectivity index (χ2v) is 6.27. The number of benzene rings is 1. The average Bonchev–Trinajstić information content (AvgIpc) is 3.03. The van der Waals surface area contributed by atoms with E-state index in [0.29, 0.717) is 18.9 Å². The van der Waals surface area contributed by atoms with Gasteiger partial charge in [-0.3, -0.25) is 4.99 Å². The summed E-state index contributed by atoms with van der Waals surface area (Å²) in [5.41, 5.74) is 2.52. The fraction of sp³-hybridized carbons (Fsp3) is 0.500. The van der Waals surface area contributed by atoms with E-state index in [4.69, 9.17) is 4.52 Å². The number of aromatic nitrogens is 2. The van der Waals surface area contributed by atoms with Crippen LogP contribution in [0.4, 0.5) is 0 Å². The van der Waals surface area contributed by atoms with Crippen molar-refractivity contribution in [2.24, 2.45) is 4.99 Å². The van der Waals surface area contributed by atoms with E-state index < -0.39 is 0 Å². The molecule has 0 saturated carbocycles. The maximum absolute atomic E-state index is 5.25. The Bertz CT molecular complexity index is 660. The van der Waals surface area contributed by atoms with Crippen LogP contribution in [0.1, 0.15) is 42.6 Å². The smallest absolute Gasteiger partial charge is 0.228 e. The molecule has 0 unspecified atom stereocenters. The second-order valence-electron chi connectivity index (χ2n) is 6.27. The maximum Gasteiger partial charge on any atom is 0.228 e. The summed E-state index contributed by atoms with van der Waals surface area (Å²) in [6, 6.07) is 8.54. The summed E-state index contributed by atoms with van der Waals surface area (Å²) in [6.07, 6.45) is 0.678. The van der Waals surface area contributed by atoms with Crippen molar-refractivity contribution in [3.05, 3.63) is 47.1 Å². The standard InChI is InChI=1S/C18H27N5O/c1-13(2)17-21-16(24-22-17)10-11-20-18(19-4)23(5)12-15-8-6-14(3)7-9-15/h6-9,13H,10-12H2,1-5H3,(H,19,20). The topological polar surface area (TPSA) is 66.5 Å². The average molecular weight is 329 g/mol. The fourth-order valence-corrected chi connectivity index (χ4v) is 2.31. The molecular formula is C18H27N5O. The van der Waals surface area contributed by atoms with Gasteiger partial charge in [0.2, 0.25) is 5.89 Å². The number of nitrogens with one attached hydrogen (secondary N) is 1. The lowest BCUT2D eigenvalue weighted by Gasteiger charge is -2.22. The van der Waals surface area contributed by atoms with Crippen LogP contribution in [0.15, 0.2) is 33.8 Å². The lowest BCUT2D eigenvalue weighted by molar-refractivity contribution is 0.370. The molecule has 6 nitrogen and oxygen atoms in total. The van der Waals surface area contributed by atoms with Crippen LogP contribution in [0.25, 0.3) is 0 Å². The highest BCUT2D eigenvalue weighted by Gasteiger charge is 2.10. The monoisotopic (exact) mass is 329 g/mol.